The third-order valence-electron chi connectivity index (χ3n) is 6.00. The minimum atomic E-state index is -0.414. The molecule has 0 aliphatic rings. The highest BCUT2D eigenvalue weighted by atomic mass is 16.4. The van der Waals surface area contributed by atoms with E-state index < -0.39 is 11.3 Å². The fourth-order valence-electron chi connectivity index (χ4n) is 4.27. The Morgan fingerprint density at radius 2 is 1.42 bits per heavy atom. The van der Waals surface area contributed by atoms with Crippen LogP contribution in [0, 0.1) is 0 Å². The average Bonchev–Trinajstić information content (AvgIpc) is 2.84. The lowest BCUT2D eigenvalue weighted by Crippen LogP contribution is -2.21. The molecule has 0 aliphatic carbocycles. The van der Waals surface area contributed by atoms with Gasteiger partial charge in [0.2, 0.25) is 0 Å². The SMILES string of the molecule is CCN(CC)c1ccc(-c2cc(=O)oc3ccc(-c4cc5ccccc5oc4=O)cc23)cc1. The highest BCUT2D eigenvalue weighted by Gasteiger charge is 2.13. The molecule has 0 unspecified atom stereocenters. The van der Waals surface area contributed by atoms with Crippen LogP contribution in [0.4, 0.5) is 5.69 Å². The monoisotopic (exact) mass is 437 g/mol. The summed E-state index contributed by atoms with van der Waals surface area (Å²) in [6.45, 7) is 6.09. The van der Waals surface area contributed by atoms with Crippen LogP contribution in [0.15, 0.2) is 97.3 Å². The molecule has 0 fully saturated rings. The second-order valence-electron chi connectivity index (χ2n) is 7.89. The second-order valence-corrected chi connectivity index (χ2v) is 7.89. The van der Waals surface area contributed by atoms with Gasteiger partial charge in [0, 0.05) is 35.6 Å². The van der Waals surface area contributed by atoms with E-state index in [9.17, 15) is 9.59 Å². The van der Waals surface area contributed by atoms with Crippen molar-refractivity contribution in [2.45, 2.75) is 13.8 Å². The van der Waals surface area contributed by atoms with Gasteiger partial charge in [-0.1, -0.05) is 36.4 Å². The largest absolute Gasteiger partial charge is 0.423 e. The predicted octanol–water partition coefficient (Wildman–Crippen LogP) is 6.08. The van der Waals surface area contributed by atoms with E-state index in [0.717, 1.165) is 40.7 Å². The first-order chi connectivity index (χ1) is 16.1. The van der Waals surface area contributed by atoms with E-state index >= 15 is 0 Å². The van der Waals surface area contributed by atoms with Gasteiger partial charge in [-0.2, -0.15) is 0 Å². The minimum absolute atomic E-state index is 0.407. The van der Waals surface area contributed by atoms with Crippen LogP contribution in [0.2, 0.25) is 0 Å². The summed E-state index contributed by atoms with van der Waals surface area (Å²) in [5.74, 6) is 0. The number of anilines is 1. The Morgan fingerprint density at radius 3 is 2.18 bits per heavy atom. The molecule has 0 N–H and O–H groups in total. The summed E-state index contributed by atoms with van der Waals surface area (Å²) in [5, 5.41) is 1.61. The molecule has 5 aromatic rings. The molecule has 2 aromatic heterocycles. The maximum absolute atomic E-state index is 12.7. The van der Waals surface area contributed by atoms with Gasteiger partial charge in [-0.05, 0) is 66.9 Å². The lowest BCUT2D eigenvalue weighted by Gasteiger charge is -2.21. The number of rotatable bonds is 5. The van der Waals surface area contributed by atoms with Gasteiger partial charge in [0.05, 0.1) is 5.56 Å². The Morgan fingerprint density at radius 1 is 0.697 bits per heavy atom. The molecule has 0 aliphatic heterocycles. The van der Waals surface area contributed by atoms with Crippen LogP contribution in [0.5, 0.6) is 0 Å². The maximum Gasteiger partial charge on any atom is 0.344 e. The third kappa shape index (κ3) is 3.82. The van der Waals surface area contributed by atoms with E-state index in [2.05, 4.69) is 30.9 Å². The predicted molar refractivity (Wildman–Crippen MR) is 133 cm³/mol. The summed E-state index contributed by atoms with van der Waals surface area (Å²) in [7, 11) is 0. The van der Waals surface area contributed by atoms with Crippen molar-refractivity contribution in [3.8, 4) is 22.3 Å². The first kappa shape index (κ1) is 20.8. The van der Waals surface area contributed by atoms with Gasteiger partial charge in [0.15, 0.2) is 0 Å². The Bertz CT molecular complexity index is 1570. The summed E-state index contributed by atoms with van der Waals surface area (Å²) < 4.78 is 11.0. The van der Waals surface area contributed by atoms with Crippen LogP contribution in [-0.4, -0.2) is 13.1 Å². The van der Waals surface area contributed by atoms with Gasteiger partial charge in [-0.3, -0.25) is 0 Å². The number of hydrogen-bond acceptors (Lipinski definition) is 5. The van der Waals surface area contributed by atoms with Gasteiger partial charge >= 0.3 is 11.3 Å². The van der Waals surface area contributed by atoms with Gasteiger partial charge in [0.1, 0.15) is 11.2 Å². The molecule has 0 atom stereocenters. The van der Waals surface area contributed by atoms with Crippen LogP contribution in [0.3, 0.4) is 0 Å². The van der Waals surface area contributed by atoms with Crippen molar-refractivity contribution >= 4 is 27.6 Å². The molecular formula is C28H23NO4. The summed E-state index contributed by atoms with van der Waals surface area (Å²) in [6.07, 6.45) is 0. The molecule has 5 rings (SSSR count). The number of para-hydroxylation sites is 1. The van der Waals surface area contributed by atoms with Crippen molar-refractivity contribution in [2.75, 3.05) is 18.0 Å². The van der Waals surface area contributed by atoms with Crippen molar-refractivity contribution < 1.29 is 8.83 Å². The van der Waals surface area contributed by atoms with Crippen molar-refractivity contribution in [3.63, 3.8) is 0 Å². The van der Waals surface area contributed by atoms with Crippen molar-refractivity contribution in [3.05, 3.63) is 99.7 Å². The van der Waals surface area contributed by atoms with Crippen LogP contribution < -0.4 is 16.2 Å². The molecule has 0 spiro atoms. The highest BCUT2D eigenvalue weighted by Crippen LogP contribution is 2.32. The van der Waals surface area contributed by atoms with Gasteiger partial charge in [0.25, 0.3) is 0 Å². The fraction of sp³-hybridized carbons (Fsp3) is 0.143. The average molecular weight is 437 g/mol. The lowest BCUT2D eigenvalue weighted by atomic mass is 9.98. The van der Waals surface area contributed by atoms with E-state index in [-0.39, 0.29) is 0 Å². The van der Waals surface area contributed by atoms with E-state index in [1.807, 2.05) is 42.5 Å². The zero-order chi connectivity index (χ0) is 22.9. The molecule has 5 heteroatoms. The van der Waals surface area contributed by atoms with Crippen LogP contribution in [0.1, 0.15) is 13.8 Å². The molecular weight excluding hydrogens is 414 g/mol. The smallest absolute Gasteiger partial charge is 0.344 e. The number of hydrogen-bond donors (Lipinski definition) is 0. The molecule has 0 radical (unpaired) electrons. The summed E-state index contributed by atoms with van der Waals surface area (Å²) in [6, 6.07) is 24.3. The minimum Gasteiger partial charge on any atom is -0.423 e. The molecule has 0 saturated heterocycles. The normalized spacial score (nSPS) is 11.2. The van der Waals surface area contributed by atoms with Crippen LogP contribution in [-0.2, 0) is 0 Å². The quantitative estimate of drug-likeness (QED) is 0.312. The topological polar surface area (TPSA) is 63.7 Å². The molecule has 0 bridgehead atoms. The van der Waals surface area contributed by atoms with Crippen LogP contribution in [0.25, 0.3) is 44.2 Å². The molecule has 164 valence electrons. The zero-order valence-electron chi connectivity index (χ0n) is 18.5. The van der Waals surface area contributed by atoms with Crippen molar-refractivity contribution in [1.29, 1.82) is 0 Å². The Balaban J connectivity index is 1.67. The summed E-state index contributed by atoms with van der Waals surface area (Å²) >= 11 is 0. The molecule has 33 heavy (non-hydrogen) atoms. The van der Waals surface area contributed by atoms with E-state index in [1.165, 1.54) is 6.07 Å². The van der Waals surface area contributed by atoms with Crippen molar-refractivity contribution in [2.24, 2.45) is 0 Å². The number of fused-ring (bicyclic) bond motifs is 2. The molecule has 2 heterocycles. The fourth-order valence-corrected chi connectivity index (χ4v) is 4.27. The molecule has 0 amide bonds. The summed E-state index contributed by atoms with van der Waals surface area (Å²) in [5.41, 5.74) is 4.17. The van der Waals surface area contributed by atoms with Gasteiger partial charge < -0.3 is 13.7 Å². The number of benzene rings is 3. The summed E-state index contributed by atoms with van der Waals surface area (Å²) in [4.78, 5) is 27.2. The Hall–Kier alpha value is -4.12. The highest BCUT2D eigenvalue weighted by molar-refractivity contribution is 5.96. The van der Waals surface area contributed by atoms with E-state index in [4.69, 9.17) is 8.83 Å². The molecule has 5 nitrogen and oxygen atoms in total. The molecule has 3 aromatic carbocycles. The van der Waals surface area contributed by atoms with E-state index in [1.54, 1.807) is 18.2 Å². The van der Waals surface area contributed by atoms with Gasteiger partial charge in [-0.25, -0.2) is 9.59 Å². The zero-order valence-corrected chi connectivity index (χ0v) is 18.5. The third-order valence-corrected chi connectivity index (χ3v) is 6.00. The maximum atomic E-state index is 12.7. The van der Waals surface area contributed by atoms with E-state index in [0.29, 0.717) is 22.3 Å². The first-order valence-corrected chi connectivity index (χ1v) is 11.0. The van der Waals surface area contributed by atoms with Gasteiger partial charge in [-0.15, -0.1) is 0 Å². The lowest BCUT2D eigenvalue weighted by molar-refractivity contribution is 0.561. The first-order valence-electron chi connectivity index (χ1n) is 11.0. The number of nitrogens with zero attached hydrogens (tertiary/aromatic N) is 1. The Labute approximate surface area is 190 Å². The second kappa shape index (κ2) is 8.43. The standard InChI is InChI=1S/C28H23NO4/c1-3-29(4-2)21-12-9-18(10-13-21)22-17-27(30)32-26-14-11-19(15-24(22)26)23-16-20-7-5-6-8-25(20)33-28(23)31/h5-17H,3-4H2,1-2H3. The Kier molecular flexibility index (Phi) is 5.31. The van der Waals surface area contributed by atoms with Crippen LogP contribution >= 0.6 is 0 Å². The molecule has 0 saturated carbocycles. The van der Waals surface area contributed by atoms with Crippen molar-refractivity contribution in [1.82, 2.24) is 0 Å².